The van der Waals surface area contributed by atoms with Gasteiger partial charge in [-0.1, -0.05) is 59.1 Å². The summed E-state index contributed by atoms with van der Waals surface area (Å²) in [6, 6.07) is 17.7. The lowest BCUT2D eigenvalue weighted by atomic mass is 10.1. The van der Waals surface area contributed by atoms with E-state index in [0.717, 1.165) is 28.8 Å². The second kappa shape index (κ2) is 9.26. The van der Waals surface area contributed by atoms with Gasteiger partial charge in [-0.3, -0.25) is 0 Å². The van der Waals surface area contributed by atoms with Crippen molar-refractivity contribution in [1.82, 2.24) is 4.31 Å². The fourth-order valence-corrected chi connectivity index (χ4v) is 4.84. The maximum atomic E-state index is 13.3. The van der Waals surface area contributed by atoms with Crippen LogP contribution in [0.2, 0.25) is 10.0 Å². The Bertz CT molecular complexity index is 1080. The van der Waals surface area contributed by atoms with Crippen molar-refractivity contribution >= 4 is 33.2 Å². The monoisotopic (exact) mass is 451 g/mol. The molecule has 0 aliphatic carbocycles. The first-order valence-corrected chi connectivity index (χ1v) is 11.2. The number of sulfonamides is 1. The van der Waals surface area contributed by atoms with Crippen LogP contribution in [0.5, 0.6) is 0 Å². The molecule has 0 aliphatic rings. The van der Waals surface area contributed by atoms with Crippen LogP contribution in [0, 0.1) is 12.7 Å². The number of halogens is 3. The third-order valence-electron chi connectivity index (χ3n) is 4.58. The first-order chi connectivity index (χ1) is 13.8. The van der Waals surface area contributed by atoms with E-state index >= 15 is 0 Å². The summed E-state index contributed by atoms with van der Waals surface area (Å²) >= 11 is 12.2. The van der Waals surface area contributed by atoms with Crippen molar-refractivity contribution in [3.05, 3.63) is 99.3 Å². The fraction of sp³-hybridized carbons (Fsp3) is 0.182. The van der Waals surface area contributed by atoms with Crippen LogP contribution in [0.3, 0.4) is 0 Å². The van der Waals surface area contributed by atoms with E-state index < -0.39 is 15.8 Å². The molecule has 0 aliphatic heterocycles. The highest BCUT2D eigenvalue weighted by molar-refractivity contribution is 7.89. The minimum Gasteiger partial charge on any atom is -0.207 e. The maximum absolute atomic E-state index is 13.3. The number of hydrogen-bond acceptors (Lipinski definition) is 2. The summed E-state index contributed by atoms with van der Waals surface area (Å²) in [4.78, 5) is 0.0493. The number of benzene rings is 3. The molecular weight excluding hydrogens is 432 g/mol. The Morgan fingerprint density at radius 1 is 0.931 bits per heavy atom. The molecule has 3 rings (SSSR count). The zero-order chi connectivity index (χ0) is 21.0. The lowest BCUT2D eigenvalue weighted by Crippen LogP contribution is -2.32. The summed E-state index contributed by atoms with van der Waals surface area (Å²) < 4.78 is 41.1. The molecule has 0 N–H and O–H groups in total. The van der Waals surface area contributed by atoms with Gasteiger partial charge in [-0.05, 0) is 60.9 Å². The largest absolute Gasteiger partial charge is 0.243 e. The van der Waals surface area contributed by atoms with Crippen LogP contribution in [0.4, 0.5) is 4.39 Å². The summed E-state index contributed by atoms with van der Waals surface area (Å²) in [5.41, 5.74) is 2.76. The molecule has 0 unspecified atom stereocenters. The molecule has 0 heterocycles. The van der Waals surface area contributed by atoms with Crippen molar-refractivity contribution in [2.24, 2.45) is 0 Å². The van der Waals surface area contributed by atoms with Crippen molar-refractivity contribution < 1.29 is 12.8 Å². The fourth-order valence-electron chi connectivity index (χ4n) is 2.91. The molecule has 152 valence electrons. The van der Waals surface area contributed by atoms with Crippen molar-refractivity contribution in [2.75, 3.05) is 6.54 Å². The predicted octanol–water partition coefficient (Wildman–Crippen LogP) is 5.87. The summed E-state index contributed by atoms with van der Waals surface area (Å²) in [5, 5.41) is 1.01. The molecule has 3 aromatic carbocycles. The summed E-state index contributed by atoms with van der Waals surface area (Å²) in [5.74, 6) is -0.484. The van der Waals surface area contributed by atoms with E-state index in [4.69, 9.17) is 23.2 Å². The summed E-state index contributed by atoms with van der Waals surface area (Å²) in [7, 11) is -3.82. The van der Waals surface area contributed by atoms with Crippen LogP contribution in [0.25, 0.3) is 0 Å². The molecule has 29 heavy (non-hydrogen) atoms. The van der Waals surface area contributed by atoms with Gasteiger partial charge in [0.1, 0.15) is 5.82 Å². The van der Waals surface area contributed by atoms with E-state index in [1.807, 2.05) is 31.2 Å². The highest BCUT2D eigenvalue weighted by Crippen LogP contribution is 2.24. The SMILES string of the molecule is Cc1ccc(CN(CCc2ccc(Cl)cc2Cl)S(=O)(=O)c2ccc(F)cc2)cc1. The Morgan fingerprint density at radius 3 is 2.21 bits per heavy atom. The van der Waals surface area contributed by atoms with Gasteiger partial charge in [0, 0.05) is 23.1 Å². The molecule has 3 aromatic rings. The van der Waals surface area contributed by atoms with Crippen molar-refractivity contribution in [2.45, 2.75) is 24.8 Å². The molecule has 0 fully saturated rings. The van der Waals surface area contributed by atoms with Crippen LogP contribution in [-0.4, -0.2) is 19.3 Å². The highest BCUT2D eigenvalue weighted by Gasteiger charge is 2.25. The Labute approximate surface area is 180 Å². The van der Waals surface area contributed by atoms with E-state index in [1.54, 1.807) is 18.2 Å². The van der Waals surface area contributed by atoms with Gasteiger partial charge in [-0.15, -0.1) is 0 Å². The summed E-state index contributed by atoms with van der Waals surface area (Å²) in [6.07, 6.45) is 0.419. The van der Waals surface area contributed by atoms with Gasteiger partial charge in [0.15, 0.2) is 0 Å². The molecule has 0 radical (unpaired) electrons. The Balaban J connectivity index is 1.89. The first kappa shape index (κ1) is 21.8. The molecule has 0 saturated heterocycles. The Hall–Kier alpha value is -1.92. The van der Waals surface area contributed by atoms with E-state index in [0.29, 0.717) is 16.5 Å². The third kappa shape index (κ3) is 5.58. The van der Waals surface area contributed by atoms with Crippen LogP contribution in [0.1, 0.15) is 16.7 Å². The number of hydrogen-bond donors (Lipinski definition) is 0. The van der Waals surface area contributed by atoms with Gasteiger partial charge in [0.2, 0.25) is 10.0 Å². The average molecular weight is 452 g/mol. The van der Waals surface area contributed by atoms with Crippen LogP contribution in [0.15, 0.2) is 71.6 Å². The van der Waals surface area contributed by atoms with Gasteiger partial charge in [0.05, 0.1) is 4.90 Å². The molecule has 0 bridgehead atoms. The minimum atomic E-state index is -3.82. The topological polar surface area (TPSA) is 37.4 Å². The number of nitrogens with zero attached hydrogens (tertiary/aromatic N) is 1. The second-order valence-electron chi connectivity index (χ2n) is 6.76. The van der Waals surface area contributed by atoms with Crippen LogP contribution < -0.4 is 0 Å². The molecule has 7 heteroatoms. The zero-order valence-electron chi connectivity index (χ0n) is 15.8. The molecular formula is C22H20Cl2FNO2S. The Morgan fingerprint density at radius 2 is 1.59 bits per heavy atom. The van der Waals surface area contributed by atoms with Crippen LogP contribution >= 0.6 is 23.2 Å². The van der Waals surface area contributed by atoms with Crippen molar-refractivity contribution in [3.63, 3.8) is 0 Å². The van der Waals surface area contributed by atoms with Gasteiger partial charge in [-0.25, -0.2) is 12.8 Å². The van der Waals surface area contributed by atoms with Crippen LogP contribution in [-0.2, 0) is 23.0 Å². The molecule has 0 atom stereocenters. The van der Waals surface area contributed by atoms with E-state index in [1.165, 1.54) is 16.4 Å². The van der Waals surface area contributed by atoms with E-state index in [-0.39, 0.29) is 18.0 Å². The number of aryl methyl sites for hydroxylation is 1. The molecule has 0 amide bonds. The van der Waals surface area contributed by atoms with Gasteiger partial charge < -0.3 is 0 Å². The number of rotatable bonds is 7. The molecule has 3 nitrogen and oxygen atoms in total. The van der Waals surface area contributed by atoms with Gasteiger partial charge >= 0.3 is 0 Å². The van der Waals surface area contributed by atoms with E-state index in [2.05, 4.69) is 0 Å². The summed E-state index contributed by atoms with van der Waals surface area (Å²) in [6.45, 7) is 2.39. The van der Waals surface area contributed by atoms with Gasteiger partial charge in [0.25, 0.3) is 0 Å². The normalized spacial score (nSPS) is 11.8. The third-order valence-corrected chi connectivity index (χ3v) is 7.02. The highest BCUT2D eigenvalue weighted by atomic mass is 35.5. The molecule has 0 aromatic heterocycles. The average Bonchev–Trinajstić information content (AvgIpc) is 2.68. The second-order valence-corrected chi connectivity index (χ2v) is 9.55. The van der Waals surface area contributed by atoms with E-state index in [9.17, 15) is 12.8 Å². The smallest absolute Gasteiger partial charge is 0.207 e. The van der Waals surface area contributed by atoms with Crippen molar-refractivity contribution in [1.29, 1.82) is 0 Å². The predicted molar refractivity (Wildman–Crippen MR) is 115 cm³/mol. The first-order valence-electron chi connectivity index (χ1n) is 9.01. The Kier molecular flexibility index (Phi) is 6.96. The lowest BCUT2D eigenvalue weighted by molar-refractivity contribution is 0.409. The van der Waals surface area contributed by atoms with Gasteiger partial charge in [-0.2, -0.15) is 4.31 Å². The lowest BCUT2D eigenvalue weighted by Gasteiger charge is -2.23. The van der Waals surface area contributed by atoms with Crippen molar-refractivity contribution in [3.8, 4) is 0 Å². The minimum absolute atomic E-state index is 0.0493. The molecule has 0 spiro atoms. The maximum Gasteiger partial charge on any atom is 0.243 e. The quantitative estimate of drug-likeness (QED) is 0.449. The molecule has 0 saturated carbocycles. The zero-order valence-corrected chi connectivity index (χ0v) is 18.1. The standard InChI is InChI=1S/C22H20Cl2FNO2S/c1-16-2-4-17(5-3-16)15-26(13-12-18-6-7-19(23)14-22(18)24)29(27,28)21-10-8-20(25)9-11-21/h2-11,14H,12-13,15H2,1H3.